The molecule has 0 aliphatic heterocycles. The van der Waals surface area contributed by atoms with Gasteiger partial charge in [-0.2, -0.15) is 18.7 Å². The van der Waals surface area contributed by atoms with E-state index in [9.17, 15) is 27.6 Å². The number of imidazole rings is 1. The molecule has 2 aromatic rings. The molecule has 1 aromatic carbocycles. The number of halogens is 3. The van der Waals surface area contributed by atoms with E-state index in [0.29, 0.717) is 5.82 Å². The van der Waals surface area contributed by atoms with E-state index in [1.807, 2.05) is 0 Å². The Bertz CT molecular complexity index is 927. The van der Waals surface area contributed by atoms with Crippen molar-refractivity contribution in [2.24, 2.45) is 11.7 Å². The lowest BCUT2D eigenvalue weighted by Crippen LogP contribution is -2.37. The lowest BCUT2D eigenvalue weighted by molar-refractivity contribution is -0.149. The minimum Gasteiger partial charge on any atom is -0.349 e. The number of carbonyl (C=O) groups is 3. The molecule has 1 aromatic heterocycles. The number of hydrogen-bond donors (Lipinski definition) is 4. The second-order valence-corrected chi connectivity index (χ2v) is 6.75. The van der Waals surface area contributed by atoms with E-state index in [4.69, 9.17) is 5.73 Å². The molecule has 5 N–H and O–H groups in total. The predicted octanol–water partition coefficient (Wildman–Crippen LogP) is 2.55. The van der Waals surface area contributed by atoms with Gasteiger partial charge in [0.25, 0.3) is 0 Å². The summed E-state index contributed by atoms with van der Waals surface area (Å²) < 4.78 is 39.4. The number of carbonyl (C=O) groups excluding carboxylic acids is 3. The number of rotatable bonds is 6. The van der Waals surface area contributed by atoms with Crippen molar-refractivity contribution in [2.75, 3.05) is 5.32 Å². The van der Waals surface area contributed by atoms with Gasteiger partial charge in [0.1, 0.15) is 12.4 Å². The zero-order valence-corrected chi connectivity index (χ0v) is 16.6. The summed E-state index contributed by atoms with van der Waals surface area (Å²) in [5, 5.41) is 5.13. The van der Waals surface area contributed by atoms with E-state index in [0.717, 1.165) is 24.3 Å². The third-order valence-corrected chi connectivity index (χ3v) is 4.01. The SMILES string of the molecule is CC(C)[C@H](NC(=O)Nc1ccc(C(F)(F)F)cc1)c1nccn1CC(=O)ONC(N)=O. The van der Waals surface area contributed by atoms with Crippen molar-refractivity contribution in [1.82, 2.24) is 20.3 Å². The predicted molar refractivity (Wildman–Crippen MR) is 102 cm³/mol. The van der Waals surface area contributed by atoms with Crippen LogP contribution in [-0.4, -0.2) is 27.6 Å². The van der Waals surface area contributed by atoms with Crippen LogP contribution in [0.25, 0.3) is 0 Å². The maximum Gasteiger partial charge on any atom is 0.416 e. The Morgan fingerprint density at radius 3 is 2.39 bits per heavy atom. The summed E-state index contributed by atoms with van der Waals surface area (Å²) in [7, 11) is 0. The quantitative estimate of drug-likeness (QED) is 0.509. The van der Waals surface area contributed by atoms with Crippen LogP contribution < -0.4 is 21.8 Å². The van der Waals surface area contributed by atoms with Gasteiger partial charge in [0.05, 0.1) is 11.6 Å². The summed E-state index contributed by atoms with van der Waals surface area (Å²) in [5.74, 6) is -0.664. The molecular formula is C18H21F3N6O4. The lowest BCUT2D eigenvalue weighted by Gasteiger charge is -2.23. The molecule has 0 unspecified atom stereocenters. The minimum absolute atomic E-state index is 0.164. The Balaban J connectivity index is 2.06. The van der Waals surface area contributed by atoms with Crippen LogP contribution in [-0.2, 0) is 22.4 Å². The molecule has 0 saturated carbocycles. The molecule has 2 rings (SSSR count). The third kappa shape index (κ3) is 6.90. The van der Waals surface area contributed by atoms with E-state index in [-0.39, 0.29) is 18.2 Å². The van der Waals surface area contributed by atoms with Crippen molar-refractivity contribution in [3.63, 3.8) is 0 Å². The highest BCUT2D eigenvalue weighted by molar-refractivity contribution is 5.89. The number of nitrogens with two attached hydrogens (primary N) is 1. The van der Waals surface area contributed by atoms with Gasteiger partial charge in [0.15, 0.2) is 0 Å². The van der Waals surface area contributed by atoms with Gasteiger partial charge >= 0.3 is 24.2 Å². The largest absolute Gasteiger partial charge is 0.416 e. The summed E-state index contributed by atoms with van der Waals surface area (Å²) in [6.45, 7) is 3.28. The molecule has 10 nitrogen and oxygen atoms in total. The fraction of sp³-hybridized carbons (Fsp3) is 0.333. The molecule has 1 atom stereocenters. The van der Waals surface area contributed by atoms with Crippen LogP contribution in [0.15, 0.2) is 36.7 Å². The van der Waals surface area contributed by atoms with Gasteiger partial charge in [-0.1, -0.05) is 13.8 Å². The molecule has 0 bridgehead atoms. The van der Waals surface area contributed by atoms with E-state index in [1.165, 1.54) is 17.0 Å². The van der Waals surface area contributed by atoms with Crippen LogP contribution in [0.5, 0.6) is 0 Å². The number of nitrogens with one attached hydrogen (secondary N) is 3. The summed E-state index contributed by atoms with van der Waals surface area (Å²) in [4.78, 5) is 43.4. The highest BCUT2D eigenvalue weighted by Crippen LogP contribution is 2.30. The first-order valence-corrected chi connectivity index (χ1v) is 8.98. The topological polar surface area (TPSA) is 140 Å². The molecule has 0 aliphatic carbocycles. The molecule has 1 heterocycles. The normalized spacial score (nSPS) is 12.2. The van der Waals surface area contributed by atoms with Crippen molar-refractivity contribution < 1.29 is 32.4 Å². The van der Waals surface area contributed by atoms with Crippen LogP contribution >= 0.6 is 0 Å². The van der Waals surface area contributed by atoms with Gasteiger partial charge in [-0.15, -0.1) is 0 Å². The second kappa shape index (κ2) is 9.82. The Kier molecular flexibility index (Phi) is 7.45. The van der Waals surface area contributed by atoms with Gasteiger partial charge in [0, 0.05) is 18.1 Å². The number of primary amides is 1. The molecule has 0 fully saturated rings. The molecule has 31 heavy (non-hydrogen) atoms. The van der Waals surface area contributed by atoms with Gasteiger partial charge in [-0.3, -0.25) is 0 Å². The number of hydroxylamine groups is 1. The van der Waals surface area contributed by atoms with Crippen molar-refractivity contribution in [2.45, 2.75) is 32.6 Å². The van der Waals surface area contributed by atoms with E-state index in [2.05, 4.69) is 20.5 Å². The van der Waals surface area contributed by atoms with Crippen molar-refractivity contribution >= 4 is 23.7 Å². The standard InChI is InChI=1S/C18H21F3N6O4/c1-10(2)14(15-23-7-8-27(15)9-13(28)31-26-16(22)29)25-17(30)24-12-5-3-11(4-6-12)18(19,20)21/h3-8,10,14H,9H2,1-2H3,(H3,22,26,29)(H2,24,25,30)/t14-/m0/s1. The Hall–Kier alpha value is -3.77. The summed E-state index contributed by atoms with van der Waals surface area (Å²) in [6, 6.07) is 1.61. The number of hydrogen-bond acceptors (Lipinski definition) is 5. The highest BCUT2D eigenvalue weighted by atomic mass is 19.4. The molecule has 0 aliphatic rings. The van der Waals surface area contributed by atoms with Crippen molar-refractivity contribution in [1.29, 1.82) is 0 Å². The van der Waals surface area contributed by atoms with Crippen LogP contribution in [0.4, 0.5) is 28.4 Å². The average Bonchev–Trinajstić information content (AvgIpc) is 3.11. The van der Waals surface area contributed by atoms with Crippen LogP contribution in [0.1, 0.15) is 31.3 Å². The number of nitrogens with zero attached hydrogens (tertiary/aromatic N) is 2. The van der Waals surface area contributed by atoms with Gasteiger partial charge < -0.3 is 25.8 Å². The molecule has 168 valence electrons. The third-order valence-electron chi connectivity index (χ3n) is 4.01. The van der Waals surface area contributed by atoms with Gasteiger partial charge in [-0.25, -0.2) is 19.4 Å². The molecule has 13 heteroatoms. The monoisotopic (exact) mass is 442 g/mol. The van der Waals surface area contributed by atoms with Crippen LogP contribution in [0.2, 0.25) is 0 Å². The fourth-order valence-corrected chi connectivity index (χ4v) is 2.59. The zero-order valence-electron chi connectivity index (χ0n) is 16.6. The maximum absolute atomic E-state index is 12.6. The van der Waals surface area contributed by atoms with Gasteiger partial charge in [0.2, 0.25) is 0 Å². The minimum atomic E-state index is -4.48. The molecule has 0 saturated heterocycles. The van der Waals surface area contributed by atoms with Crippen molar-refractivity contribution in [3.8, 4) is 0 Å². The highest BCUT2D eigenvalue weighted by Gasteiger charge is 2.30. The number of urea groups is 2. The number of benzene rings is 1. The van der Waals surface area contributed by atoms with E-state index in [1.54, 1.807) is 19.3 Å². The van der Waals surface area contributed by atoms with Crippen LogP contribution in [0.3, 0.4) is 0 Å². The summed E-state index contributed by atoms with van der Waals surface area (Å²) in [6.07, 6.45) is -1.59. The molecule has 4 amide bonds. The Morgan fingerprint density at radius 1 is 1.19 bits per heavy atom. The van der Waals surface area contributed by atoms with Crippen molar-refractivity contribution in [3.05, 3.63) is 48.0 Å². The first-order valence-electron chi connectivity index (χ1n) is 8.98. The Morgan fingerprint density at radius 2 is 1.84 bits per heavy atom. The molecular weight excluding hydrogens is 421 g/mol. The molecule has 0 spiro atoms. The first-order chi connectivity index (χ1) is 14.5. The number of alkyl halides is 3. The second-order valence-electron chi connectivity index (χ2n) is 6.75. The van der Waals surface area contributed by atoms with E-state index < -0.39 is 35.8 Å². The number of aromatic nitrogens is 2. The average molecular weight is 442 g/mol. The fourth-order valence-electron chi connectivity index (χ4n) is 2.59. The number of anilines is 1. The molecule has 0 radical (unpaired) electrons. The summed E-state index contributed by atoms with van der Waals surface area (Å²) in [5.41, 5.74) is 5.86. The zero-order chi connectivity index (χ0) is 23.2. The first kappa shape index (κ1) is 23.5. The lowest BCUT2D eigenvalue weighted by atomic mass is 10.0. The van der Waals surface area contributed by atoms with E-state index >= 15 is 0 Å². The summed E-state index contributed by atoms with van der Waals surface area (Å²) >= 11 is 0. The number of amides is 4. The van der Waals surface area contributed by atoms with Crippen LogP contribution in [0, 0.1) is 5.92 Å². The van der Waals surface area contributed by atoms with Gasteiger partial charge in [-0.05, 0) is 30.2 Å². The maximum atomic E-state index is 12.6. The smallest absolute Gasteiger partial charge is 0.349 e. The Labute approximate surface area is 174 Å².